The zero-order chi connectivity index (χ0) is 23.2. The lowest BCUT2D eigenvalue weighted by Gasteiger charge is -2.26. The number of carbonyl (C=O) groups is 2. The summed E-state index contributed by atoms with van der Waals surface area (Å²) in [6, 6.07) is -1.12. The Hall–Kier alpha value is -1.15. The van der Waals surface area contributed by atoms with E-state index >= 15 is 0 Å². The Bertz CT molecular complexity index is 592. The molecule has 0 rings (SSSR count). The predicted octanol–water partition coefficient (Wildman–Crippen LogP) is 4.08. The van der Waals surface area contributed by atoms with Crippen molar-refractivity contribution in [3.05, 3.63) is 0 Å². The largest absolute Gasteiger partial charge is 0.352 e. The Morgan fingerprint density at radius 3 is 1.80 bits per heavy atom. The molecule has 0 aromatic heterocycles. The molecule has 3 N–H and O–H groups in total. The first-order valence-corrected chi connectivity index (χ1v) is 13.1. The van der Waals surface area contributed by atoms with Crippen LogP contribution in [0.2, 0.25) is 0 Å². The van der Waals surface area contributed by atoms with Gasteiger partial charge in [-0.1, -0.05) is 79.1 Å². The molecule has 0 saturated heterocycles. The summed E-state index contributed by atoms with van der Waals surface area (Å²) in [5.41, 5.74) is 0. The number of hydrogen-bond donors (Lipinski definition) is 3. The van der Waals surface area contributed by atoms with Crippen LogP contribution in [0.5, 0.6) is 0 Å². The predicted molar refractivity (Wildman–Crippen MR) is 122 cm³/mol. The van der Waals surface area contributed by atoms with E-state index in [-0.39, 0.29) is 17.7 Å². The zero-order valence-corrected chi connectivity index (χ0v) is 20.4. The molecule has 3 atom stereocenters. The fourth-order valence-corrected chi connectivity index (χ4v) is 4.26. The average Bonchev–Trinajstić information content (AvgIpc) is 2.62. The Kier molecular flexibility index (Phi) is 15.0. The van der Waals surface area contributed by atoms with Gasteiger partial charge in [-0.25, -0.2) is 0 Å². The molecule has 2 amide bonds. The summed E-state index contributed by atoms with van der Waals surface area (Å²) in [4.78, 5) is 24.9. The van der Waals surface area contributed by atoms with Crippen LogP contribution < -0.4 is 10.6 Å². The second kappa shape index (κ2) is 15.6. The number of nitrogens with one attached hydrogen (secondary N) is 2. The van der Waals surface area contributed by atoms with Crippen molar-refractivity contribution in [2.75, 3.05) is 5.75 Å². The summed E-state index contributed by atoms with van der Waals surface area (Å²) in [6.45, 7) is 9.26. The monoisotopic (exact) mass is 448 g/mol. The molecule has 0 radical (unpaired) electrons. The molecule has 0 spiro atoms. The van der Waals surface area contributed by atoms with Gasteiger partial charge in [0.25, 0.3) is 10.1 Å². The number of rotatable bonds is 17. The quantitative estimate of drug-likeness (QED) is 0.229. The van der Waals surface area contributed by atoms with Crippen molar-refractivity contribution in [1.82, 2.24) is 10.6 Å². The average molecular weight is 449 g/mol. The second-order valence-electron chi connectivity index (χ2n) is 8.89. The summed E-state index contributed by atoms with van der Waals surface area (Å²) < 4.78 is 31.0. The molecule has 0 aliphatic heterocycles. The van der Waals surface area contributed by atoms with Gasteiger partial charge in [-0.3, -0.25) is 14.1 Å². The molecule has 0 aromatic carbocycles. The molecule has 0 aliphatic carbocycles. The molecular formula is C22H44N2O5S. The van der Waals surface area contributed by atoms with Gasteiger partial charge in [0.15, 0.2) is 0 Å². The van der Waals surface area contributed by atoms with E-state index in [0.29, 0.717) is 6.42 Å². The highest BCUT2D eigenvalue weighted by Crippen LogP contribution is 2.12. The maximum atomic E-state index is 12.6. The zero-order valence-electron chi connectivity index (χ0n) is 19.6. The number of hydrogen-bond acceptors (Lipinski definition) is 4. The fraction of sp³-hybridized carbons (Fsp3) is 0.909. The molecule has 2 unspecified atom stereocenters. The number of amides is 2. The van der Waals surface area contributed by atoms with Gasteiger partial charge in [-0.05, 0) is 25.2 Å². The van der Waals surface area contributed by atoms with Crippen LogP contribution in [0, 0.1) is 11.8 Å². The lowest BCUT2D eigenvalue weighted by molar-refractivity contribution is -0.130. The van der Waals surface area contributed by atoms with Gasteiger partial charge in [-0.15, -0.1) is 0 Å². The Balaban J connectivity index is 4.28. The van der Waals surface area contributed by atoms with Gasteiger partial charge >= 0.3 is 0 Å². The Labute approximate surface area is 183 Å². The van der Waals surface area contributed by atoms with E-state index in [0.717, 1.165) is 19.3 Å². The molecule has 0 saturated carbocycles. The van der Waals surface area contributed by atoms with E-state index in [9.17, 15) is 18.0 Å². The van der Waals surface area contributed by atoms with Crippen molar-refractivity contribution in [3.8, 4) is 0 Å². The van der Waals surface area contributed by atoms with Gasteiger partial charge in [0.1, 0.15) is 6.04 Å². The topological polar surface area (TPSA) is 113 Å². The summed E-state index contributed by atoms with van der Waals surface area (Å²) in [7, 11) is -4.10. The van der Waals surface area contributed by atoms with Gasteiger partial charge < -0.3 is 10.6 Å². The lowest BCUT2D eigenvalue weighted by Crippen LogP contribution is -2.53. The molecule has 0 bridgehead atoms. The van der Waals surface area contributed by atoms with E-state index in [2.05, 4.69) is 17.6 Å². The summed E-state index contributed by atoms with van der Waals surface area (Å²) in [5, 5.41) is 5.58. The summed E-state index contributed by atoms with van der Waals surface area (Å²) >= 11 is 0. The van der Waals surface area contributed by atoms with E-state index < -0.39 is 33.9 Å². The van der Waals surface area contributed by atoms with Crippen molar-refractivity contribution in [1.29, 1.82) is 0 Å². The van der Waals surface area contributed by atoms with E-state index in [1.165, 1.54) is 38.5 Å². The Morgan fingerprint density at radius 2 is 1.33 bits per heavy atom. The molecule has 0 fully saturated rings. The molecule has 7 nitrogen and oxygen atoms in total. The van der Waals surface area contributed by atoms with E-state index in [1.54, 1.807) is 13.8 Å². The highest BCUT2D eigenvalue weighted by molar-refractivity contribution is 7.85. The van der Waals surface area contributed by atoms with Crippen molar-refractivity contribution < 1.29 is 22.6 Å². The van der Waals surface area contributed by atoms with Crippen molar-refractivity contribution in [2.24, 2.45) is 11.8 Å². The van der Waals surface area contributed by atoms with Crippen LogP contribution in [0.3, 0.4) is 0 Å². The van der Waals surface area contributed by atoms with Gasteiger partial charge in [0, 0.05) is 12.5 Å². The van der Waals surface area contributed by atoms with E-state index in [4.69, 9.17) is 4.55 Å². The highest BCUT2D eigenvalue weighted by Gasteiger charge is 2.27. The number of unbranched alkanes of at least 4 members (excludes halogenated alkanes) is 8. The molecule has 0 aromatic rings. The van der Waals surface area contributed by atoms with Crippen LogP contribution in [0.4, 0.5) is 0 Å². The normalized spacial score (nSPS) is 14.9. The first kappa shape index (κ1) is 28.9. The third-order valence-electron chi connectivity index (χ3n) is 5.47. The fourth-order valence-electron chi connectivity index (χ4n) is 3.31. The maximum Gasteiger partial charge on any atom is 0.265 e. The van der Waals surface area contributed by atoms with Crippen LogP contribution in [0.15, 0.2) is 0 Å². The molecule has 8 heteroatoms. The highest BCUT2D eigenvalue weighted by atomic mass is 32.2. The van der Waals surface area contributed by atoms with Crippen LogP contribution in [0.1, 0.15) is 98.8 Å². The second-order valence-corrected chi connectivity index (χ2v) is 10.4. The van der Waals surface area contributed by atoms with E-state index in [1.807, 2.05) is 13.8 Å². The molecule has 0 heterocycles. The lowest BCUT2D eigenvalue weighted by atomic mass is 10.0. The van der Waals surface area contributed by atoms with Crippen LogP contribution in [0.25, 0.3) is 0 Å². The van der Waals surface area contributed by atoms with Crippen molar-refractivity contribution in [3.63, 3.8) is 0 Å². The first-order chi connectivity index (χ1) is 14.0. The summed E-state index contributed by atoms with van der Waals surface area (Å²) in [5.74, 6) is -1.44. The maximum absolute atomic E-state index is 12.6. The van der Waals surface area contributed by atoms with Gasteiger partial charge in [0.05, 0.1) is 5.75 Å². The minimum absolute atomic E-state index is 0.0962. The first-order valence-electron chi connectivity index (χ1n) is 11.5. The molecule has 30 heavy (non-hydrogen) atoms. The van der Waals surface area contributed by atoms with Gasteiger partial charge in [-0.2, -0.15) is 8.42 Å². The molecular weight excluding hydrogens is 404 g/mol. The smallest absolute Gasteiger partial charge is 0.265 e. The summed E-state index contributed by atoms with van der Waals surface area (Å²) in [6.07, 6.45) is 11.0. The Morgan fingerprint density at radius 1 is 0.833 bits per heavy atom. The van der Waals surface area contributed by atoms with Crippen molar-refractivity contribution in [2.45, 2.75) is 111 Å². The standard InChI is InChI=1S/C22H44N2O5S/c1-6-7-8-9-10-11-12-13-14-15-20(25)24-21(17(2)3)22(26)23-19(5)18(4)16-30(27,28)29/h17-19,21H,6-16H2,1-5H3,(H,23,26)(H,24,25)(H,27,28,29)/t18?,19?,21-/m0/s1. The van der Waals surface area contributed by atoms with Crippen LogP contribution in [-0.2, 0) is 19.7 Å². The molecule has 178 valence electrons. The van der Waals surface area contributed by atoms with Gasteiger partial charge in [0.2, 0.25) is 11.8 Å². The third-order valence-corrected chi connectivity index (χ3v) is 6.42. The minimum atomic E-state index is -4.10. The molecule has 0 aliphatic rings. The third kappa shape index (κ3) is 14.8. The number of carbonyl (C=O) groups excluding carboxylic acids is 2. The SMILES string of the molecule is CCCCCCCCCCCC(=O)N[C@H](C(=O)NC(C)C(C)CS(=O)(=O)O)C(C)C. The minimum Gasteiger partial charge on any atom is -0.352 e. The van der Waals surface area contributed by atoms with Crippen LogP contribution >= 0.6 is 0 Å². The van der Waals surface area contributed by atoms with Crippen LogP contribution in [-0.4, -0.2) is 42.6 Å². The van der Waals surface area contributed by atoms with Crippen molar-refractivity contribution >= 4 is 21.9 Å².